The highest BCUT2D eigenvalue weighted by Gasteiger charge is 2.51. The molecule has 1 aliphatic heterocycles. The Morgan fingerprint density at radius 3 is 1.53 bits per heavy atom. The molecule has 11 rings (SSSR count). The number of hydrogen-bond donors (Lipinski definition) is 2. The summed E-state index contributed by atoms with van der Waals surface area (Å²) in [6.07, 6.45) is 13.0. The van der Waals surface area contributed by atoms with E-state index in [0.717, 1.165) is 90.7 Å². The average Bonchev–Trinajstić information content (AvgIpc) is 4.11. The van der Waals surface area contributed by atoms with Gasteiger partial charge >= 0.3 is 7.12 Å². The van der Waals surface area contributed by atoms with Crippen LogP contribution in [-0.2, 0) is 9.31 Å². The maximum atomic E-state index is 15.2. The van der Waals surface area contributed by atoms with Gasteiger partial charge in [0.25, 0.3) is 0 Å². The first-order valence-corrected chi connectivity index (χ1v) is 26.9. The van der Waals surface area contributed by atoms with Crippen molar-refractivity contribution in [2.75, 3.05) is 54.5 Å². The van der Waals surface area contributed by atoms with Crippen LogP contribution in [0.1, 0.15) is 41.5 Å². The molecular weight excluding hydrogens is 1100 g/mol. The van der Waals surface area contributed by atoms with Crippen molar-refractivity contribution in [2.45, 2.75) is 52.7 Å². The lowest BCUT2D eigenvalue weighted by atomic mass is 9.79. The van der Waals surface area contributed by atoms with Crippen molar-refractivity contribution >= 4 is 79.0 Å². The number of aromatic nitrogens is 8. The highest BCUT2D eigenvalue weighted by molar-refractivity contribution is 14.1. The van der Waals surface area contributed by atoms with Gasteiger partial charge in [0.1, 0.15) is 28.6 Å². The van der Waals surface area contributed by atoms with Gasteiger partial charge in [0.15, 0.2) is 5.82 Å². The van der Waals surface area contributed by atoms with E-state index in [0.29, 0.717) is 45.5 Å². The van der Waals surface area contributed by atoms with Crippen LogP contribution in [0.15, 0.2) is 135 Å². The number of ether oxygens (including phenoxy) is 2. The van der Waals surface area contributed by atoms with E-state index in [9.17, 15) is 4.39 Å². The molecule has 14 nitrogen and oxygen atoms in total. The number of benzene rings is 2. The van der Waals surface area contributed by atoms with Crippen LogP contribution in [-0.4, -0.2) is 122 Å². The molecule has 0 spiro atoms. The lowest BCUT2D eigenvalue weighted by Gasteiger charge is -2.32. The molecule has 0 bridgehead atoms. The lowest BCUT2D eigenvalue weighted by molar-refractivity contribution is 0.00578. The molecule has 1 aliphatic rings. The van der Waals surface area contributed by atoms with Crippen molar-refractivity contribution in [3.8, 4) is 45.1 Å². The first-order valence-electron chi connectivity index (χ1n) is 25.8. The molecule has 8 aromatic heterocycles. The summed E-state index contributed by atoms with van der Waals surface area (Å²) in [4.78, 5) is 36.4. The number of rotatable bonds is 14. The number of H-pyrrole nitrogens is 2. The van der Waals surface area contributed by atoms with Crippen molar-refractivity contribution < 1.29 is 27.6 Å². The van der Waals surface area contributed by atoms with Crippen LogP contribution in [0.3, 0.4) is 0 Å². The van der Waals surface area contributed by atoms with Crippen LogP contribution in [0.2, 0.25) is 0 Å². The Morgan fingerprint density at radius 2 is 1.05 bits per heavy atom. The second kappa shape index (κ2) is 24.0. The summed E-state index contributed by atoms with van der Waals surface area (Å²) < 4.78 is 53.4. The van der Waals surface area contributed by atoms with Crippen molar-refractivity contribution in [2.24, 2.45) is 11.8 Å². The van der Waals surface area contributed by atoms with E-state index in [2.05, 4.69) is 119 Å². The van der Waals surface area contributed by atoms with E-state index in [1.807, 2.05) is 108 Å². The Bertz CT molecular complexity index is 3630. The number of halogens is 3. The molecule has 18 heteroatoms. The second-order valence-corrected chi connectivity index (χ2v) is 22.4. The topological polar surface area (TPSA) is 152 Å². The summed E-state index contributed by atoms with van der Waals surface area (Å²) in [5.74, 6) is 1.86. The van der Waals surface area contributed by atoms with E-state index in [1.165, 1.54) is 12.4 Å². The summed E-state index contributed by atoms with van der Waals surface area (Å²) in [7, 11) is 7.94. The van der Waals surface area contributed by atoms with Gasteiger partial charge in [0.05, 0.1) is 75.2 Å². The van der Waals surface area contributed by atoms with E-state index in [4.69, 9.17) is 18.8 Å². The Morgan fingerprint density at radius 1 is 0.590 bits per heavy atom. The van der Waals surface area contributed by atoms with E-state index in [-0.39, 0.29) is 30.0 Å². The third-order valence-electron chi connectivity index (χ3n) is 13.7. The van der Waals surface area contributed by atoms with Crippen LogP contribution in [0.4, 0.5) is 8.78 Å². The van der Waals surface area contributed by atoms with Gasteiger partial charge in [-0.25, -0.2) is 18.7 Å². The molecule has 402 valence electrons. The number of nitrogens with zero attached hydrogens (tertiary/aromatic N) is 8. The third kappa shape index (κ3) is 12.8. The molecule has 2 unspecified atom stereocenters. The summed E-state index contributed by atoms with van der Waals surface area (Å²) in [6, 6.07) is 27.1. The summed E-state index contributed by atoms with van der Waals surface area (Å²) >= 11 is 2.01. The number of aromatic amines is 2. The van der Waals surface area contributed by atoms with Gasteiger partial charge in [-0.3, -0.25) is 19.9 Å². The minimum atomic E-state index is -0.374. The van der Waals surface area contributed by atoms with Crippen LogP contribution >= 0.6 is 22.6 Å². The lowest BCUT2D eigenvalue weighted by Crippen LogP contribution is -2.41. The number of nitrogens with one attached hydrogen (secondary N) is 2. The minimum absolute atomic E-state index is 0.311. The van der Waals surface area contributed by atoms with Crippen LogP contribution in [0.25, 0.3) is 77.5 Å². The fourth-order valence-electron chi connectivity index (χ4n) is 9.30. The summed E-state index contributed by atoms with van der Waals surface area (Å²) in [5.41, 5.74) is 8.00. The largest absolute Gasteiger partial charge is 0.494 e. The number of fused-ring (bicyclic) bond motifs is 6. The fraction of sp³-hybridized carbons (Fsp3) is 0.300. The first kappa shape index (κ1) is 55.8. The molecule has 1 fully saturated rings. The molecular formula is C60H64BF2IN10O4. The fourth-order valence-corrected chi connectivity index (χ4v) is 9.99. The Kier molecular flexibility index (Phi) is 17.1. The molecule has 9 heterocycles. The van der Waals surface area contributed by atoms with Crippen LogP contribution in [0.5, 0.6) is 11.5 Å². The van der Waals surface area contributed by atoms with Gasteiger partial charge in [0.2, 0.25) is 0 Å². The average molecular weight is 1160 g/mol. The molecule has 10 aromatic rings. The van der Waals surface area contributed by atoms with Crippen LogP contribution in [0, 0.1) is 27.0 Å². The Hall–Kier alpha value is -6.97. The molecule has 2 atom stereocenters. The summed E-state index contributed by atoms with van der Waals surface area (Å²) in [5, 5.41) is 3.30. The van der Waals surface area contributed by atoms with E-state index < -0.39 is 0 Å². The number of hydrogen-bond acceptors (Lipinski definition) is 12. The predicted molar refractivity (Wildman–Crippen MR) is 316 cm³/mol. The molecule has 2 N–H and O–H groups in total. The highest BCUT2D eigenvalue weighted by atomic mass is 127. The highest BCUT2D eigenvalue weighted by Crippen LogP contribution is 2.39. The number of pyridine rings is 6. The van der Waals surface area contributed by atoms with Crippen molar-refractivity contribution in [3.63, 3.8) is 0 Å². The van der Waals surface area contributed by atoms with Gasteiger partial charge in [-0.1, -0.05) is 38.1 Å². The normalized spacial score (nSPS) is 14.6. The minimum Gasteiger partial charge on any atom is -0.493 e. The van der Waals surface area contributed by atoms with Crippen molar-refractivity contribution in [1.82, 2.24) is 49.7 Å². The monoisotopic (exact) mass is 1160 g/mol. The molecule has 0 amide bonds. The maximum absolute atomic E-state index is 15.2. The molecule has 78 heavy (non-hydrogen) atoms. The molecule has 0 aliphatic carbocycles. The standard InChI is InChI=1S/C27H26FN5O.C18H30BNO3.C15H8FIN4/c1-17(15-33(2)3)16-34-20-8-6-18(7-9-20)25-22(28)13-31-27-26(25)21-11-23(30-14-24(21)32-27)19-5-4-10-29-12-19;1-14(12-20(6)7)13-21-16-10-8-15(9-11-16)19-22-17(2,3)18(4,5)23-19;16-10-6-20-15-13(14(10)17)9-4-11(19-7-12(9)21-15)8-2-1-3-18-5-8/h4-14,17H,15-16H2,1-3H3,(H,31,32);8-11,14H,12-13H2,1-7H3;1-7H,(H,20,21). The van der Waals surface area contributed by atoms with Gasteiger partial charge < -0.3 is 38.6 Å². The smallest absolute Gasteiger partial charge is 0.493 e. The van der Waals surface area contributed by atoms with Gasteiger partial charge in [0, 0.05) is 87.9 Å². The third-order valence-corrected chi connectivity index (χ3v) is 14.8. The van der Waals surface area contributed by atoms with Crippen LogP contribution < -0.4 is 14.9 Å². The molecule has 2 aromatic carbocycles. The second-order valence-electron chi connectivity index (χ2n) is 21.4. The molecule has 1 saturated heterocycles. The zero-order valence-electron chi connectivity index (χ0n) is 45.6. The van der Waals surface area contributed by atoms with Crippen molar-refractivity contribution in [1.29, 1.82) is 0 Å². The van der Waals surface area contributed by atoms with E-state index >= 15 is 4.39 Å². The summed E-state index contributed by atoms with van der Waals surface area (Å²) in [6.45, 7) is 15.9. The predicted octanol–water partition coefficient (Wildman–Crippen LogP) is 12.0. The van der Waals surface area contributed by atoms with Crippen molar-refractivity contribution in [3.05, 3.63) is 150 Å². The quantitative estimate of drug-likeness (QED) is 0.0787. The van der Waals surface area contributed by atoms with Gasteiger partial charge in [-0.05, 0) is 150 Å². The molecule has 0 saturated carbocycles. The zero-order valence-corrected chi connectivity index (χ0v) is 47.8. The Labute approximate surface area is 467 Å². The van der Waals surface area contributed by atoms with Gasteiger partial charge in [-0.15, -0.1) is 0 Å². The first-order chi connectivity index (χ1) is 37.3. The maximum Gasteiger partial charge on any atom is 0.494 e. The van der Waals surface area contributed by atoms with E-state index in [1.54, 1.807) is 37.2 Å². The Balaban J connectivity index is 0.000000148. The zero-order chi connectivity index (χ0) is 55.3. The molecule has 0 radical (unpaired) electrons. The van der Waals surface area contributed by atoms with Gasteiger partial charge in [-0.2, -0.15) is 0 Å². The SMILES string of the molecule is CC(COc1ccc(-c2c(F)cnc3[nH]c4cnc(-c5cccnc5)cc4c23)cc1)CN(C)C.CC(COc1ccc(B2OC(C)(C)C(C)(C)O2)cc1)CN(C)C.Fc1cnc2[nH]c3cnc(-c4cccnc4)cc3c2c1I.